The van der Waals surface area contributed by atoms with E-state index in [0.29, 0.717) is 0 Å². The molecule has 0 radical (unpaired) electrons. The number of nitrogens with one attached hydrogen (secondary N) is 1. The van der Waals surface area contributed by atoms with Crippen LogP contribution in [0.5, 0.6) is 5.75 Å². The van der Waals surface area contributed by atoms with E-state index in [1.807, 2.05) is 13.8 Å². The van der Waals surface area contributed by atoms with Crippen LogP contribution in [-0.2, 0) is 20.0 Å². The van der Waals surface area contributed by atoms with Gasteiger partial charge in [-0.1, -0.05) is 29.8 Å². The van der Waals surface area contributed by atoms with Crippen molar-refractivity contribution >= 4 is 31.6 Å². The number of aliphatic hydroxyl groups excluding tert-OH is 1. The lowest BCUT2D eigenvalue weighted by molar-refractivity contribution is 0.0387. The molecule has 1 aromatic heterocycles. The molecule has 0 aliphatic carbocycles. The van der Waals surface area contributed by atoms with Gasteiger partial charge in [0.1, 0.15) is 17.5 Å². The largest absolute Gasteiger partial charge is 0.488 e. The number of aryl methyl sites for hydroxylation is 3. The Hall–Kier alpha value is -3.46. The molecule has 0 spiro atoms. The molecule has 0 saturated carbocycles. The van der Waals surface area contributed by atoms with Crippen molar-refractivity contribution in [2.24, 2.45) is 5.92 Å². The van der Waals surface area contributed by atoms with Crippen molar-refractivity contribution in [2.75, 3.05) is 31.5 Å². The van der Waals surface area contributed by atoms with Crippen LogP contribution in [0.15, 0.2) is 56.8 Å². The molecule has 3 aromatic rings. The summed E-state index contributed by atoms with van der Waals surface area (Å²) in [4.78, 5) is 15.3. The Morgan fingerprint density at radius 2 is 1.79 bits per heavy atom. The minimum absolute atomic E-state index is 0.0211. The standard InChI is InChI=1S/C28H36N4O8S2/c1-17-7-10-23(11-8-17)42(37,38)31(6)15-26-18(2)14-32(19(3)16-33)28(34)24-13-22(9-12-25(24)39-26)30-41(35,36)27-20(4)29-40-21(27)5/h7-13,18-19,26,30,33H,14-16H2,1-6H3/t18-,19+,26-/m0/s1. The van der Waals surface area contributed by atoms with Crippen LogP contribution < -0.4 is 9.46 Å². The van der Waals surface area contributed by atoms with E-state index in [0.717, 1.165) is 5.56 Å². The van der Waals surface area contributed by atoms with E-state index in [1.54, 1.807) is 31.2 Å². The highest BCUT2D eigenvalue weighted by Gasteiger charge is 2.35. The topological polar surface area (TPSA) is 159 Å². The fourth-order valence-corrected chi connectivity index (χ4v) is 7.37. The summed E-state index contributed by atoms with van der Waals surface area (Å²) < 4.78 is 67.8. The maximum absolute atomic E-state index is 13.7. The first-order valence-electron chi connectivity index (χ1n) is 13.4. The number of fused-ring (bicyclic) bond motifs is 1. The van der Waals surface area contributed by atoms with Crippen molar-refractivity contribution in [3.05, 3.63) is 65.0 Å². The van der Waals surface area contributed by atoms with Crippen molar-refractivity contribution in [1.29, 1.82) is 0 Å². The van der Waals surface area contributed by atoms with Gasteiger partial charge in [0.25, 0.3) is 15.9 Å². The van der Waals surface area contributed by atoms with E-state index >= 15 is 0 Å². The molecule has 1 amide bonds. The van der Waals surface area contributed by atoms with Crippen molar-refractivity contribution in [3.8, 4) is 5.75 Å². The molecule has 0 unspecified atom stereocenters. The summed E-state index contributed by atoms with van der Waals surface area (Å²) in [6.07, 6.45) is -0.680. The molecular formula is C28H36N4O8S2. The molecule has 228 valence electrons. The number of likely N-dealkylation sites (N-methyl/N-ethyl adjacent to an activating group) is 1. The van der Waals surface area contributed by atoms with Crippen LogP contribution in [0.4, 0.5) is 5.69 Å². The Kier molecular flexibility index (Phi) is 9.02. The summed E-state index contributed by atoms with van der Waals surface area (Å²) in [6, 6.07) is 10.3. The molecule has 1 aliphatic heterocycles. The molecule has 0 bridgehead atoms. The number of hydrogen-bond acceptors (Lipinski definition) is 9. The average molecular weight is 621 g/mol. The Morgan fingerprint density at radius 3 is 2.38 bits per heavy atom. The van der Waals surface area contributed by atoms with E-state index in [1.165, 1.54) is 48.3 Å². The van der Waals surface area contributed by atoms with Gasteiger partial charge in [-0.25, -0.2) is 16.8 Å². The van der Waals surface area contributed by atoms with Gasteiger partial charge in [0, 0.05) is 25.2 Å². The maximum Gasteiger partial charge on any atom is 0.267 e. The highest BCUT2D eigenvalue weighted by Crippen LogP contribution is 2.32. The number of rotatable bonds is 9. The third-order valence-corrected chi connectivity index (χ3v) is 10.8. The second-order valence-corrected chi connectivity index (χ2v) is 14.4. The number of aromatic nitrogens is 1. The number of hydrogen-bond donors (Lipinski definition) is 2. The third-order valence-electron chi connectivity index (χ3n) is 7.32. The molecule has 3 atom stereocenters. The Labute approximate surface area is 246 Å². The number of anilines is 1. The molecule has 2 aromatic carbocycles. The van der Waals surface area contributed by atoms with Crippen molar-refractivity contribution in [1.82, 2.24) is 14.4 Å². The van der Waals surface area contributed by atoms with Crippen LogP contribution in [0.25, 0.3) is 0 Å². The van der Waals surface area contributed by atoms with E-state index in [2.05, 4.69) is 9.88 Å². The van der Waals surface area contributed by atoms with Crippen LogP contribution in [0.2, 0.25) is 0 Å². The van der Waals surface area contributed by atoms with E-state index in [-0.39, 0.29) is 63.9 Å². The number of benzene rings is 2. The smallest absolute Gasteiger partial charge is 0.267 e. The molecule has 42 heavy (non-hydrogen) atoms. The van der Waals surface area contributed by atoms with Crippen LogP contribution in [0.3, 0.4) is 0 Å². The number of carbonyl (C=O) groups excluding carboxylic acids is 1. The molecule has 4 rings (SSSR count). The van der Waals surface area contributed by atoms with Crippen molar-refractivity contribution in [3.63, 3.8) is 0 Å². The molecule has 1 aliphatic rings. The zero-order valence-electron chi connectivity index (χ0n) is 24.4. The number of aliphatic hydroxyl groups is 1. The first-order valence-corrected chi connectivity index (χ1v) is 16.3. The molecule has 2 heterocycles. The fourth-order valence-electron chi connectivity index (χ4n) is 4.81. The Balaban J connectivity index is 1.69. The third kappa shape index (κ3) is 6.31. The van der Waals surface area contributed by atoms with Gasteiger partial charge in [-0.05, 0) is 58.0 Å². The summed E-state index contributed by atoms with van der Waals surface area (Å²) in [5, 5.41) is 13.6. The molecular weight excluding hydrogens is 584 g/mol. The lowest BCUT2D eigenvalue weighted by atomic mass is 9.99. The minimum atomic E-state index is -4.09. The molecule has 14 heteroatoms. The second kappa shape index (κ2) is 12.0. The minimum Gasteiger partial charge on any atom is -0.488 e. The maximum atomic E-state index is 13.7. The van der Waals surface area contributed by atoms with E-state index < -0.39 is 38.1 Å². The summed E-state index contributed by atoms with van der Waals surface area (Å²) in [7, 11) is -6.46. The van der Waals surface area contributed by atoms with E-state index in [4.69, 9.17) is 9.26 Å². The fraction of sp³-hybridized carbons (Fsp3) is 0.429. The van der Waals surface area contributed by atoms with Crippen LogP contribution in [0.1, 0.15) is 41.2 Å². The molecule has 0 saturated heterocycles. The zero-order valence-corrected chi connectivity index (χ0v) is 26.0. The molecule has 12 nitrogen and oxygen atoms in total. The lowest BCUT2D eigenvalue weighted by Crippen LogP contribution is -2.50. The normalized spacial score (nSPS) is 18.7. The number of nitrogens with zero attached hydrogens (tertiary/aromatic N) is 3. The number of amides is 1. The van der Waals surface area contributed by atoms with Crippen LogP contribution in [-0.4, -0.2) is 81.1 Å². The lowest BCUT2D eigenvalue weighted by Gasteiger charge is -2.38. The van der Waals surface area contributed by atoms with Crippen molar-refractivity contribution < 1.29 is 36.0 Å². The van der Waals surface area contributed by atoms with Gasteiger partial charge in [-0.3, -0.25) is 9.52 Å². The average Bonchev–Trinajstić information content (AvgIpc) is 3.28. The first-order chi connectivity index (χ1) is 19.6. The highest BCUT2D eigenvalue weighted by molar-refractivity contribution is 7.92. The summed E-state index contributed by atoms with van der Waals surface area (Å²) >= 11 is 0. The Bertz CT molecular complexity index is 1650. The molecule has 0 fully saturated rings. The van der Waals surface area contributed by atoms with Gasteiger partial charge in [-0.15, -0.1) is 0 Å². The predicted octanol–water partition coefficient (Wildman–Crippen LogP) is 2.94. The van der Waals surface area contributed by atoms with Gasteiger partial charge in [0.2, 0.25) is 10.0 Å². The van der Waals surface area contributed by atoms with Gasteiger partial charge in [0.15, 0.2) is 10.7 Å². The SMILES string of the molecule is Cc1ccc(S(=O)(=O)N(C)C[C@@H]2Oc3ccc(NS(=O)(=O)c4c(C)noc4C)cc3C(=O)N([C@H](C)CO)C[C@@H]2C)cc1. The van der Waals surface area contributed by atoms with E-state index in [9.17, 15) is 26.7 Å². The zero-order chi connectivity index (χ0) is 31.0. The van der Waals surface area contributed by atoms with Crippen LogP contribution >= 0.6 is 0 Å². The monoisotopic (exact) mass is 620 g/mol. The predicted molar refractivity (Wildman–Crippen MR) is 155 cm³/mol. The first kappa shape index (κ1) is 31.5. The number of sulfonamides is 2. The van der Waals surface area contributed by atoms with Gasteiger partial charge >= 0.3 is 0 Å². The second-order valence-electron chi connectivity index (χ2n) is 10.7. The van der Waals surface area contributed by atoms with Gasteiger partial charge < -0.3 is 19.3 Å². The summed E-state index contributed by atoms with van der Waals surface area (Å²) in [6.45, 7) is 8.24. The van der Waals surface area contributed by atoms with Gasteiger partial charge in [-0.2, -0.15) is 4.31 Å². The summed E-state index contributed by atoms with van der Waals surface area (Å²) in [5.41, 5.74) is 1.29. The molecule has 2 N–H and O–H groups in total. The Morgan fingerprint density at radius 1 is 1.12 bits per heavy atom. The highest BCUT2D eigenvalue weighted by atomic mass is 32.2. The van der Waals surface area contributed by atoms with Gasteiger partial charge in [0.05, 0.1) is 29.7 Å². The number of ether oxygens (including phenoxy) is 1. The van der Waals surface area contributed by atoms with Crippen LogP contribution in [0, 0.1) is 26.7 Å². The summed E-state index contributed by atoms with van der Waals surface area (Å²) in [5.74, 6) is -0.511. The number of carbonyl (C=O) groups is 1. The van der Waals surface area contributed by atoms with Crippen molar-refractivity contribution in [2.45, 2.75) is 56.6 Å². The quantitative estimate of drug-likeness (QED) is 0.367.